The molecule has 0 heterocycles. The molecule has 5 heteroatoms. The van der Waals surface area contributed by atoms with Crippen molar-refractivity contribution in [2.45, 2.75) is 45.6 Å². The van der Waals surface area contributed by atoms with Crippen molar-refractivity contribution in [1.82, 2.24) is 0 Å². The lowest BCUT2D eigenvalue weighted by Crippen LogP contribution is -2.32. The molecule has 110 valence electrons. The molecule has 0 saturated heterocycles. The lowest BCUT2D eigenvalue weighted by atomic mass is 9.75. The third-order valence-corrected chi connectivity index (χ3v) is 4.05. The number of para-hydroxylation sites is 1. The predicted molar refractivity (Wildman–Crippen MR) is 82.3 cm³/mol. The van der Waals surface area contributed by atoms with Crippen LogP contribution in [-0.2, 0) is 0 Å². The van der Waals surface area contributed by atoms with Crippen LogP contribution < -0.4 is 10.6 Å². The first-order chi connectivity index (χ1) is 9.43. The van der Waals surface area contributed by atoms with Crippen molar-refractivity contribution in [2.24, 2.45) is 5.41 Å². The number of nitro groups is 1. The summed E-state index contributed by atoms with van der Waals surface area (Å²) in [6.45, 7) is 4.53. The number of hydrogen-bond donors (Lipinski definition) is 2. The monoisotopic (exact) mass is 277 g/mol. The first-order valence-corrected chi connectivity index (χ1v) is 7.15. The summed E-state index contributed by atoms with van der Waals surface area (Å²) in [5, 5.41) is 17.6. The molecule has 1 unspecified atom stereocenters. The van der Waals surface area contributed by atoms with Gasteiger partial charge in [0.1, 0.15) is 11.4 Å². The molecular formula is C15H23N3O2. The second-order valence-corrected chi connectivity index (χ2v) is 6.31. The SMILES string of the molecule is CNc1cccc(NC2CCCC(C)(C)C2)c1[N+](=O)[O-]. The Morgan fingerprint density at radius 1 is 1.35 bits per heavy atom. The van der Waals surface area contributed by atoms with Crippen molar-refractivity contribution < 1.29 is 4.92 Å². The van der Waals surface area contributed by atoms with Gasteiger partial charge in [-0.05, 0) is 36.8 Å². The smallest absolute Gasteiger partial charge is 0.315 e. The van der Waals surface area contributed by atoms with Gasteiger partial charge in [-0.2, -0.15) is 0 Å². The van der Waals surface area contributed by atoms with Crippen molar-refractivity contribution in [2.75, 3.05) is 17.7 Å². The molecule has 0 aromatic heterocycles. The van der Waals surface area contributed by atoms with Crippen molar-refractivity contribution in [3.8, 4) is 0 Å². The molecule has 1 aliphatic carbocycles. The summed E-state index contributed by atoms with van der Waals surface area (Å²) in [4.78, 5) is 11.0. The number of rotatable bonds is 4. The summed E-state index contributed by atoms with van der Waals surface area (Å²) in [7, 11) is 1.70. The predicted octanol–water partition coefficient (Wildman–Crippen LogP) is 4.02. The maximum Gasteiger partial charge on any atom is 0.315 e. The summed E-state index contributed by atoms with van der Waals surface area (Å²) in [6, 6.07) is 5.67. The average molecular weight is 277 g/mol. The number of nitrogens with zero attached hydrogens (tertiary/aromatic N) is 1. The summed E-state index contributed by atoms with van der Waals surface area (Å²) < 4.78 is 0. The fourth-order valence-electron chi connectivity index (χ4n) is 3.10. The van der Waals surface area contributed by atoms with E-state index in [1.807, 2.05) is 6.07 Å². The molecular weight excluding hydrogens is 254 g/mol. The van der Waals surface area contributed by atoms with Gasteiger partial charge in [-0.25, -0.2) is 0 Å². The van der Waals surface area contributed by atoms with E-state index in [0.717, 1.165) is 12.8 Å². The minimum atomic E-state index is -0.317. The van der Waals surface area contributed by atoms with Crippen LogP contribution in [0.3, 0.4) is 0 Å². The van der Waals surface area contributed by atoms with Crippen LogP contribution in [0.1, 0.15) is 39.5 Å². The molecule has 0 bridgehead atoms. The number of nitro benzene ring substituents is 1. The van der Waals surface area contributed by atoms with Gasteiger partial charge in [0.25, 0.3) is 0 Å². The van der Waals surface area contributed by atoms with E-state index in [0.29, 0.717) is 22.8 Å². The van der Waals surface area contributed by atoms with Gasteiger partial charge in [0.05, 0.1) is 4.92 Å². The van der Waals surface area contributed by atoms with Crippen LogP contribution >= 0.6 is 0 Å². The Morgan fingerprint density at radius 2 is 2.05 bits per heavy atom. The van der Waals surface area contributed by atoms with Gasteiger partial charge < -0.3 is 10.6 Å². The summed E-state index contributed by atoms with van der Waals surface area (Å²) in [6.07, 6.45) is 4.52. The molecule has 1 atom stereocenters. The van der Waals surface area contributed by atoms with Crippen molar-refractivity contribution in [3.05, 3.63) is 28.3 Å². The van der Waals surface area contributed by atoms with Crippen LogP contribution in [-0.4, -0.2) is 18.0 Å². The standard InChI is InChI=1S/C15H23N3O2/c1-15(2)9-5-6-11(10-15)17-13-8-4-7-12(16-3)14(13)18(19)20/h4,7-8,11,16-17H,5-6,9-10H2,1-3H3. The van der Waals surface area contributed by atoms with Crippen LogP contribution in [0.15, 0.2) is 18.2 Å². The Hall–Kier alpha value is -1.78. The molecule has 20 heavy (non-hydrogen) atoms. The second-order valence-electron chi connectivity index (χ2n) is 6.31. The van der Waals surface area contributed by atoms with Crippen molar-refractivity contribution in [3.63, 3.8) is 0 Å². The lowest BCUT2D eigenvalue weighted by molar-refractivity contribution is -0.383. The van der Waals surface area contributed by atoms with Gasteiger partial charge in [0.15, 0.2) is 0 Å². The Labute approximate surface area is 119 Å². The molecule has 0 spiro atoms. The number of nitrogens with one attached hydrogen (secondary N) is 2. The highest BCUT2D eigenvalue weighted by Gasteiger charge is 2.29. The van der Waals surface area contributed by atoms with Crippen LogP contribution in [0.2, 0.25) is 0 Å². The van der Waals surface area contributed by atoms with E-state index >= 15 is 0 Å². The summed E-state index contributed by atoms with van der Waals surface area (Å²) in [5.74, 6) is 0. The largest absolute Gasteiger partial charge is 0.382 e. The van der Waals surface area contributed by atoms with Crippen LogP contribution in [0.25, 0.3) is 0 Å². The second kappa shape index (κ2) is 5.69. The maximum absolute atomic E-state index is 11.3. The third-order valence-electron chi connectivity index (χ3n) is 4.05. The number of anilines is 2. The molecule has 0 aliphatic heterocycles. The quantitative estimate of drug-likeness (QED) is 0.644. The van der Waals surface area contributed by atoms with Crippen LogP contribution in [0, 0.1) is 15.5 Å². The Balaban J connectivity index is 2.23. The van der Waals surface area contributed by atoms with E-state index in [2.05, 4.69) is 24.5 Å². The van der Waals surface area contributed by atoms with E-state index in [1.165, 1.54) is 12.8 Å². The molecule has 1 aromatic rings. The van der Waals surface area contributed by atoms with Crippen molar-refractivity contribution >= 4 is 17.1 Å². The Morgan fingerprint density at radius 3 is 2.65 bits per heavy atom. The minimum absolute atomic E-state index is 0.137. The number of hydrogen-bond acceptors (Lipinski definition) is 4. The van der Waals surface area contributed by atoms with Gasteiger partial charge in [-0.15, -0.1) is 0 Å². The maximum atomic E-state index is 11.3. The average Bonchev–Trinajstić information content (AvgIpc) is 2.36. The summed E-state index contributed by atoms with van der Waals surface area (Å²) in [5.41, 5.74) is 1.61. The fourth-order valence-corrected chi connectivity index (χ4v) is 3.10. The first kappa shape index (κ1) is 14.6. The minimum Gasteiger partial charge on any atom is -0.382 e. The van der Waals surface area contributed by atoms with Gasteiger partial charge >= 0.3 is 5.69 Å². The molecule has 2 rings (SSSR count). The van der Waals surface area contributed by atoms with Gasteiger partial charge in [-0.3, -0.25) is 10.1 Å². The highest BCUT2D eigenvalue weighted by atomic mass is 16.6. The van der Waals surface area contributed by atoms with E-state index in [-0.39, 0.29) is 10.6 Å². The van der Waals surface area contributed by atoms with E-state index < -0.39 is 0 Å². The molecule has 2 N–H and O–H groups in total. The molecule has 5 nitrogen and oxygen atoms in total. The zero-order chi connectivity index (χ0) is 14.8. The topological polar surface area (TPSA) is 67.2 Å². The molecule has 0 amide bonds. The van der Waals surface area contributed by atoms with Gasteiger partial charge in [0.2, 0.25) is 0 Å². The Kier molecular flexibility index (Phi) is 4.16. The molecule has 1 aromatic carbocycles. The Bertz CT molecular complexity index is 500. The third kappa shape index (κ3) is 3.21. The van der Waals surface area contributed by atoms with E-state index in [4.69, 9.17) is 0 Å². The first-order valence-electron chi connectivity index (χ1n) is 7.15. The molecule has 1 aliphatic rings. The van der Waals surface area contributed by atoms with Gasteiger partial charge in [-0.1, -0.05) is 26.3 Å². The highest BCUT2D eigenvalue weighted by Crippen LogP contribution is 2.39. The van der Waals surface area contributed by atoms with Crippen LogP contribution in [0.5, 0.6) is 0 Å². The lowest BCUT2D eigenvalue weighted by Gasteiger charge is -2.36. The van der Waals surface area contributed by atoms with Gasteiger partial charge in [0, 0.05) is 13.1 Å². The zero-order valence-corrected chi connectivity index (χ0v) is 12.4. The van der Waals surface area contributed by atoms with Crippen LogP contribution in [0.4, 0.5) is 17.1 Å². The van der Waals surface area contributed by atoms with E-state index in [9.17, 15) is 10.1 Å². The fraction of sp³-hybridized carbons (Fsp3) is 0.600. The highest BCUT2D eigenvalue weighted by molar-refractivity contribution is 5.76. The zero-order valence-electron chi connectivity index (χ0n) is 12.4. The molecule has 1 saturated carbocycles. The van der Waals surface area contributed by atoms with E-state index in [1.54, 1.807) is 19.2 Å². The molecule has 0 radical (unpaired) electrons. The molecule has 1 fully saturated rings. The summed E-state index contributed by atoms with van der Waals surface area (Å²) >= 11 is 0. The van der Waals surface area contributed by atoms with Crippen molar-refractivity contribution in [1.29, 1.82) is 0 Å². The number of benzene rings is 1. The normalized spacial score (nSPS) is 21.2.